The quantitative estimate of drug-likeness (QED) is 0.244. The number of para-hydroxylation sites is 1. The molecule has 36 heavy (non-hydrogen) atoms. The predicted molar refractivity (Wildman–Crippen MR) is 137 cm³/mol. The molecule has 0 amide bonds. The number of ketones is 1. The van der Waals surface area contributed by atoms with E-state index >= 15 is 0 Å². The van der Waals surface area contributed by atoms with E-state index in [1.165, 1.54) is 24.3 Å². The van der Waals surface area contributed by atoms with Gasteiger partial charge < -0.3 is 4.90 Å². The van der Waals surface area contributed by atoms with Crippen molar-refractivity contribution in [1.82, 2.24) is 9.62 Å². The molecular weight excluding hydrogens is 478 g/mol. The number of hydrogen-bond donors (Lipinski definition) is 1. The Hall–Kier alpha value is -3.40. The lowest BCUT2D eigenvalue weighted by Gasteiger charge is -2.32. The second-order valence-corrected chi connectivity index (χ2v) is 10.6. The third-order valence-corrected chi connectivity index (χ3v) is 8.12. The molecule has 1 fully saturated rings. The number of rotatable bonds is 10. The highest BCUT2D eigenvalue weighted by Crippen LogP contribution is 2.27. The van der Waals surface area contributed by atoms with Crippen LogP contribution in [0.5, 0.6) is 0 Å². The van der Waals surface area contributed by atoms with Gasteiger partial charge in [-0.3, -0.25) is 14.9 Å². The van der Waals surface area contributed by atoms with Crippen molar-refractivity contribution in [2.45, 2.75) is 30.2 Å². The van der Waals surface area contributed by atoms with Crippen molar-refractivity contribution in [3.8, 4) is 0 Å². The first-order chi connectivity index (χ1) is 17.3. The molecule has 4 rings (SSSR count). The van der Waals surface area contributed by atoms with Crippen LogP contribution in [0.25, 0.3) is 0 Å². The van der Waals surface area contributed by atoms with Gasteiger partial charge in [0.2, 0.25) is 10.0 Å². The van der Waals surface area contributed by atoms with Crippen LogP contribution in [0.15, 0.2) is 89.8 Å². The van der Waals surface area contributed by atoms with E-state index < -0.39 is 26.7 Å². The summed E-state index contributed by atoms with van der Waals surface area (Å²) in [5.41, 5.74) is 1.07. The number of hydrogen-bond acceptors (Lipinski definition) is 6. The van der Waals surface area contributed by atoms with Gasteiger partial charge >= 0.3 is 0 Å². The maximum Gasteiger partial charge on any atom is 0.289 e. The SMILES string of the molecule is O=C(c1ccccc1)C1CCN(CCC(NS(=O)(=O)c2ccccc2[N+](=O)[O-])c2ccccc2)CC1. The number of carbonyl (C=O) groups excluding carboxylic acids is 1. The highest BCUT2D eigenvalue weighted by Gasteiger charge is 2.30. The molecule has 0 aliphatic carbocycles. The van der Waals surface area contributed by atoms with Gasteiger partial charge in [-0.25, -0.2) is 13.1 Å². The van der Waals surface area contributed by atoms with Crippen LogP contribution in [0.1, 0.15) is 41.2 Å². The minimum Gasteiger partial charge on any atom is -0.303 e. The first kappa shape index (κ1) is 25.7. The van der Waals surface area contributed by atoms with E-state index in [-0.39, 0.29) is 16.6 Å². The fraction of sp³-hybridized carbons (Fsp3) is 0.296. The number of carbonyl (C=O) groups is 1. The second kappa shape index (κ2) is 11.6. The van der Waals surface area contributed by atoms with Gasteiger partial charge in [0.15, 0.2) is 10.7 Å². The van der Waals surface area contributed by atoms with Crippen LogP contribution in [0.4, 0.5) is 5.69 Å². The number of likely N-dealkylation sites (tertiary alicyclic amines) is 1. The molecule has 8 nitrogen and oxygen atoms in total. The summed E-state index contributed by atoms with van der Waals surface area (Å²) >= 11 is 0. The van der Waals surface area contributed by atoms with E-state index in [0.717, 1.165) is 37.1 Å². The monoisotopic (exact) mass is 507 g/mol. The number of nitro benzene ring substituents is 1. The van der Waals surface area contributed by atoms with Crippen LogP contribution in [-0.2, 0) is 10.0 Å². The maximum atomic E-state index is 13.2. The molecule has 1 heterocycles. The van der Waals surface area contributed by atoms with Crippen LogP contribution in [0, 0.1) is 16.0 Å². The van der Waals surface area contributed by atoms with Gasteiger partial charge in [-0.2, -0.15) is 0 Å². The lowest BCUT2D eigenvalue weighted by molar-refractivity contribution is -0.387. The topological polar surface area (TPSA) is 110 Å². The third-order valence-electron chi connectivity index (χ3n) is 6.60. The normalized spacial score (nSPS) is 15.9. The van der Waals surface area contributed by atoms with E-state index in [1.54, 1.807) is 0 Å². The Morgan fingerprint density at radius 2 is 1.53 bits per heavy atom. The standard InChI is InChI=1S/C27H29N3O5S/c31-27(22-11-5-2-6-12-22)23-15-18-29(19-16-23)20-17-24(21-9-3-1-4-10-21)28-36(34,35)26-14-8-7-13-25(26)30(32)33/h1-14,23-24,28H,15-20H2. The number of sulfonamides is 1. The summed E-state index contributed by atoms with van der Waals surface area (Å²) in [6.45, 7) is 2.13. The molecule has 9 heteroatoms. The summed E-state index contributed by atoms with van der Waals surface area (Å²) in [4.78, 5) is 25.4. The van der Waals surface area contributed by atoms with E-state index in [1.807, 2.05) is 60.7 Å². The molecule has 1 unspecified atom stereocenters. The Kier molecular flexibility index (Phi) is 8.25. The first-order valence-corrected chi connectivity index (χ1v) is 13.5. The van der Waals surface area contributed by atoms with Gasteiger partial charge in [-0.05, 0) is 50.5 Å². The highest BCUT2D eigenvalue weighted by atomic mass is 32.2. The van der Waals surface area contributed by atoms with Gasteiger partial charge in [0.25, 0.3) is 5.69 Å². The number of piperidine rings is 1. The van der Waals surface area contributed by atoms with E-state index in [2.05, 4.69) is 9.62 Å². The largest absolute Gasteiger partial charge is 0.303 e. The summed E-state index contributed by atoms with van der Waals surface area (Å²) in [5, 5.41) is 11.4. The molecule has 3 aromatic rings. The fourth-order valence-electron chi connectivity index (χ4n) is 4.63. The number of nitrogens with zero attached hydrogens (tertiary/aromatic N) is 2. The molecular formula is C27H29N3O5S. The predicted octanol–water partition coefficient (Wildman–Crippen LogP) is 4.60. The van der Waals surface area contributed by atoms with Crippen LogP contribution in [0.2, 0.25) is 0 Å². The molecule has 1 saturated heterocycles. The average molecular weight is 508 g/mol. The Morgan fingerprint density at radius 3 is 2.17 bits per heavy atom. The van der Waals surface area contributed by atoms with Crippen molar-refractivity contribution in [2.24, 2.45) is 5.92 Å². The van der Waals surface area contributed by atoms with Crippen molar-refractivity contribution in [1.29, 1.82) is 0 Å². The summed E-state index contributed by atoms with van der Waals surface area (Å²) < 4.78 is 29.1. The van der Waals surface area contributed by atoms with Crippen molar-refractivity contribution < 1.29 is 18.1 Å². The molecule has 0 saturated carbocycles. The Bertz CT molecular complexity index is 1290. The second-order valence-electron chi connectivity index (χ2n) is 8.94. The van der Waals surface area contributed by atoms with Crippen LogP contribution in [0.3, 0.4) is 0 Å². The molecule has 188 valence electrons. The van der Waals surface area contributed by atoms with Crippen molar-refractivity contribution in [3.05, 3.63) is 106 Å². The lowest BCUT2D eigenvalue weighted by Crippen LogP contribution is -2.38. The van der Waals surface area contributed by atoms with Gasteiger partial charge in [0.05, 0.1) is 4.92 Å². The smallest absolute Gasteiger partial charge is 0.289 e. The number of benzene rings is 3. The molecule has 1 atom stereocenters. The Labute approximate surface area is 211 Å². The summed E-state index contributed by atoms with van der Waals surface area (Å²) in [6.07, 6.45) is 2.00. The minimum atomic E-state index is -4.14. The number of Topliss-reactive ketones (excluding diaryl/α,β-unsaturated/α-hetero) is 1. The Balaban J connectivity index is 1.43. The molecule has 0 bridgehead atoms. The van der Waals surface area contributed by atoms with Gasteiger partial charge in [-0.1, -0.05) is 72.8 Å². The lowest BCUT2D eigenvalue weighted by atomic mass is 9.88. The molecule has 0 radical (unpaired) electrons. The first-order valence-electron chi connectivity index (χ1n) is 12.0. The van der Waals surface area contributed by atoms with Gasteiger partial charge in [0.1, 0.15) is 0 Å². The number of nitrogens with one attached hydrogen (secondary N) is 1. The summed E-state index contributed by atoms with van der Waals surface area (Å²) in [7, 11) is -4.14. The van der Waals surface area contributed by atoms with Crippen LogP contribution < -0.4 is 4.72 Å². The molecule has 0 aromatic heterocycles. The van der Waals surface area contributed by atoms with Crippen molar-refractivity contribution in [2.75, 3.05) is 19.6 Å². The minimum absolute atomic E-state index is 0.00861. The number of nitro groups is 1. The highest BCUT2D eigenvalue weighted by molar-refractivity contribution is 7.89. The molecule has 1 aliphatic heterocycles. The fourth-order valence-corrected chi connectivity index (χ4v) is 6.06. The van der Waals surface area contributed by atoms with Crippen LogP contribution in [-0.4, -0.2) is 43.7 Å². The molecule has 1 aliphatic rings. The average Bonchev–Trinajstić information content (AvgIpc) is 2.92. The molecule has 3 aromatic carbocycles. The zero-order chi connectivity index (χ0) is 25.5. The van der Waals surface area contributed by atoms with Crippen LogP contribution >= 0.6 is 0 Å². The third kappa shape index (κ3) is 6.23. The van der Waals surface area contributed by atoms with Gasteiger partial charge in [0, 0.05) is 23.6 Å². The van der Waals surface area contributed by atoms with Gasteiger partial charge in [-0.15, -0.1) is 0 Å². The summed E-state index contributed by atoms with van der Waals surface area (Å²) in [6, 6.07) is 23.3. The van der Waals surface area contributed by atoms with Crippen molar-refractivity contribution >= 4 is 21.5 Å². The van der Waals surface area contributed by atoms with Crippen molar-refractivity contribution in [3.63, 3.8) is 0 Å². The van der Waals surface area contributed by atoms with E-state index in [9.17, 15) is 23.3 Å². The van der Waals surface area contributed by atoms with E-state index in [4.69, 9.17) is 0 Å². The zero-order valence-electron chi connectivity index (χ0n) is 19.8. The molecule has 1 N–H and O–H groups in total. The summed E-state index contributed by atoms with van der Waals surface area (Å²) in [5.74, 6) is 0.167. The van der Waals surface area contributed by atoms with E-state index in [0.29, 0.717) is 13.0 Å². The maximum absolute atomic E-state index is 13.2. The zero-order valence-corrected chi connectivity index (χ0v) is 20.6. The Morgan fingerprint density at radius 1 is 0.944 bits per heavy atom. The molecule has 0 spiro atoms.